The van der Waals surface area contributed by atoms with Gasteiger partial charge in [0.25, 0.3) is 0 Å². The summed E-state index contributed by atoms with van der Waals surface area (Å²) >= 11 is 0. The molecule has 0 saturated heterocycles. The van der Waals surface area contributed by atoms with Crippen LogP contribution < -0.4 is 22.9 Å². The van der Waals surface area contributed by atoms with Gasteiger partial charge in [0.1, 0.15) is 0 Å². The zero-order valence-corrected chi connectivity index (χ0v) is 8.89. The van der Waals surface area contributed by atoms with Gasteiger partial charge in [0.2, 0.25) is 0 Å². The van der Waals surface area contributed by atoms with Crippen molar-refractivity contribution in [3.63, 3.8) is 0 Å². The van der Waals surface area contributed by atoms with Gasteiger partial charge in [-0.3, -0.25) is 0 Å². The summed E-state index contributed by atoms with van der Waals surface area (Å²) in [6.07, 6.45) is 0.800. The Balaban J connectivity index is 2.64. The molecule has 0 aromatic heterocycles. The molecule has 0 aliphatic heterocycles. The maximum absolute atomic E-state index is 5.80. The molecule has 84 valence electrons. The van der Waals surface area contributed by atoms with E-state index in [9.17, 15) is 0 Å². The summed E-state index contributed by atoms with van der Waals surface area (Å²) in [6.45, 7) is 0.964. The van der Waals surface area contributed by atoms with Crippen LogP contribution in [0.15, 0.2) is 24.3 Å². The van der Waals surface area contributed by atoms with Crippen molar-refractivity contribution in [2.75, 3.05) is 13.1 Å². The topological polar surface area (TPSA) is 104 Å². The summed E-state index contributed by atoms with van der Waals surface area (Å²) in [5.41, 5.74) is 24.7. The van der Waals surface area contributed by atoms with E-state index >= 15 is 0 Å². The molecule has 1 aromatic rings. The van der Waals surface area contributed by atoms with Crippen molar-refractivity contribution >= 4 is 0 Å². The third-order valence-electron chi connectivity index (χ3n) is 2.46. The molecule has 0 bridgehead atoms. The molecule has 15 heavy (non-hydrogen) atoms. The minimum Gasteiger partial charge on any atom is -0.329 e. The zero-order valence-electron chi connectivity index (χ0n) is 8.89. The molecule has 0 aliphatic rings. The molecule has 0 spiro atoms. The average molecular weight is 208 g/mol. The molecule has 0 saturated carbocycles. The lowest BCUT2D eigenvalue weighted by molar-refractivity contribution is 0.677. The Labute approximate surface area is 90.6 Å². The van der Waals surface area contributed by atoms with Crippen LogP contribution in [-0.2, 0) is 6.42 Å². The summed E-state index contributed by atoms with van der Waals surface area (Å²) in [5, 5.41) is 0. The van der Waals surface area contributed by atoms with Crippen LogP contribution in [0.1, 0.15) is 17.2 Å². The predicted octanol–water partition coefficient (Wildman–Crippen LogP) is -0.526. The number of hydrogen-bond acceptors (Lipinski definition) is 4. The highest BCUT2D eigenvalue weighted by Gasteiger charge is 2.04. The summed E-state index contributed by atoms with van der Waals surface area (Å²) in [7, 11) is 0. The minimum absolute atomic E-state index is 0.0269. The van der Waals surface area contributed by atoms with Crippen LogP contribution in [0.2, 0.25) is 0 Å². The first-order valence-corrected chi connectivity index (χ1v) is 5.17. The van der Waals surface area contributed by atoms with Crippen molar-refractivity contribution in [2.24, 2.45) is 22.9 Å². The van der Waals surface area contributed by atoms with E-state index in [1.54, 1.807) is 0 Å². The molecule has 0 fully saturated rings. The van der Waals surface area contributed by atoms with E-state index < -0.39 is 0 Å². The van der Waals surface area contributed by atoms with Crippen LogP contribution in [0.3, 0.4) is 0 Å². The van der Waals surface area contributed by atoms with Gasteiger partial charge in [-0.2, -0.15) is 0 Å². The molecule has 1 aromatic carbocycles. The molecule has 2 atom stereocenters. The Hall–Kier alpha value is -0.940. The summed E-state index contributed by atoms with van der Waals surface area (Å²) in [5.74, 6) is 0. The first-order valence-electron chi connectivity index (χ1n) is 5.17. The highest BCUT2D eigenvalue weighted by molar-refractivity contribution is 5.25. The van der Waals surface area contributed by atoms with Crippen molar-refractivity contribution in [1.82, 2.24) is 0 Å². The van der Waals surface area contributed by atoms with E-state index in [1.807, 2.05) is 24.3 Å². The van der Waals surface area contributed by atoms with Crippen LogP contribution >= 0.6 is 0 Å². The van der Waals surface area contributed by atoms with E-state index in [-0.39, 0.29) is 12.1 Å². The van der Waals surface area contributed by atoms with Crippen LogP contribution in [-0.4, -0.2) is 19.1 Å². The van der Waals surface area contributed by atoms with E-state index in [0.717, 1.165) is 12.0 Å². The largest absolute Gasteiger partial charge is 0.329 e. The van der Waals surface area contributed by atoms with Gasteiger partial charge in [-0.15, -0.1) is 0 Å². The maximum Gasteiger partial charge on any atom is 0.0419 e. The van der Waals surface area contributed by atoms with Gasteiger partial charge >= 0.3 is 0 Å². The second kappa shape index (κ2) is 5.82. The third kappa shape index (κ3) is 3.60. The Morgan fingerprint density at radius 3 is 2.00 bits per heavy atom. The van der Waals surface area contributed by atoms with Gasteiger partial charge in [0.05, 0.1) is 0 Å². The number of hydrogen-bond donors (Lipinski definition) is 4. The fraction of sp³-hybridized carbons (Fsp3) is 0.455. The van der Waals surface area contributed by atoms with E-state index in [1.165, 1.54) is 5.56 Å². The lowest BCUT2D eigenvalue weighted by Gasteiger charge is -2.11. The Bertz CT molecular complexity index is 283. The molecule has 4 heteroatoms. The zero-order chi connectivity index (χ0) is 11.3. The monoisotopic (exact) mass is 208 g/mol. The molecule has 0 heterocycles. The Morgan fingerprint density at radius 2 is 1.53 bits per heavy atom. The average Bonchev–Trinajstić information content (AvgIpc) is 2.29. The Kier molecular flexibility index (Phi) is 4.71. The molecule has 8 N–H and O–H groups in total. The lowest BCUT2D eigenvalue weighted by atomic mass is 10.0. The van der Waals surface area contributed by atoms with E-state index in [2.05, 4.69) is 0 Å². The van der Waals surface area contributed by atoms with Crippen molar-refractivity contribution in [3.05, 3.63) is 35.4 Å². The van der Waals surface area contributed by atoms with Crippen molar-refractivity contribution in [2.45, 2.75) is 18.5 Å². The Morgan fingerprint density at radius 1 is 0.933 bits per heavy atom. The van der Waals surface area contributed by atoms with Crippen LogP contribution in [0.4, 0.5) is 0 Å². The highest BCUT2D eigenvalue weighted by Crippen LogP contribution is 2.11. The van der Waals surface area contributed by atoms with Gasteiger partial charge in [-0.1, -0.05) is 24.3 Å². The van der Waals surface area contributed by atoms with Gasteiger partial charge in [0, 0.05) is 25.2 Å². The second-order valence-electron chi connectivity index (χ2n) is 3.78. The molecular weight excluding hydrogens is 188 g/mol. The normalized spacial score (nSPS) is 14.9. The summed E-state index contributed by atoms with van der Waals surface area (Å²) in [4.78, 5) is 0. The number of nitrogens with two attached hydrogens (primary N) is 4. The van der Waals surface area contributed by atoms with Gasteiger partial charge in [0.15, 0.2) is 0 Å². The van der Waals surface area contributed by atoms with Crippen LogP contribution in [0.5, 0.6) is 0 Å². The highest BCUT2D eigenvalue weighted by atomic mass is 14.7. The minimum atomic E-state index is -0.0813. The van der Waals surface area contributed by atoms with Crippen molar-refractivity contribution in [3.8, 4) is 0 Å². The predicted molar refractivity (Wildman–Crippen MR) is 63.2 cm³/mol. The maximum atomic E-state index is 5.80. The lowest BCUT2D eigenvalue weighted by Crippen LogP contribution is -2.31. The van der Waals surface area contributed by atoms with E-state index in [0.29, 0.717) is 13.1 Å². The fourth-order valence-corrected chi connectivity index (χ4v) is 1.42. The smallest absolute Gasteiger partial charge is 0.0419 e. The van der Waals surface area contributed by atoms with Gasteiger partial charge in [-0.05, 0) is 17.5 Å². The van der Waals surface area contributed by atoms with Crippen LogP contribution in [0.25, 0.3) is 0 Å². The number of rotatable bonds is 5. The molecule has 0 radical (unpaired) electrons. The summed E-state index contributed by atoms with van der Waals surface area (Å²) < 4.78 is 0. The molecule has 0 amide bonds. The summed E-state index contributed by atoms with van der Waals surface area (Å²) in [6, 6.07) is 7.99. The number of benzene rings is 1. The fourth-order valence-electron chi connectivity index (χ4n) is 1.42. The van der Waals surface area contributed by atoms with Gasteiger partial charge in [-0.25, -0.2) is 0 Å². The molecular formula is C11H20N4. The molecule has 1 rings (SSSR count). The molecule has 4 nitrogen and oxygen atoms in total. The standard InChI is InChI=1S/C11H20N4/c12-6-10(14)5-8-1-3-9(4-2-8)11(15)7-13/h1-4,10-11H,5-7,12-15H2. The van der Waals surface area contributed by atoms with E-state index in [4.69, 9.17) is 22.9 Å². The molecule has 0 aliphatic carbocycles. The SMILES string of the molecule is NCC(N)Cc1ccc(C(N)CN)cc1. The quantitative estimate of drug-likeness (QED) is 0.522. The van der Waals surface area contributed by atoms with Crippen molar-refractivity contribution < 1.29 is 0 Å². The first-order chi connectivity index (χ1) is 7.17. The third-order valence-corrected chi connectivity index (χ3v) is 2.46. The first kappa shape index (κ1) is 12.1. The van der Waals surface area contributed by atoms with Gasteiger partial charge < -0.3 is 22.9 Å². The molecule has 2 unspecified atom stereocenters. The second-order valence-corrected chi connectivity index (χ2v) is 3.78. The van der Waals surface area contributed by atoms with Crippen molar-refractivity contribution in [1.29, 1.82) is 0 Å². The van der Waals surface area contributed by atoms with Crippen LogP contribution in [0, 0.1) is 0 Å².